The lowest BCUT2D eigenvalue weighted by atomic mass is 10.0. The highest BCUT2D eigenvalue weighted by molar-refractivity contribution is 6.25. The molecule has 25 heavy (non-hydrogen) atoms. The lowest BCUT2D eigenvalue weighted by molar-refractivity contribution is -0.0584. The van der Waals surface area contributed by atoms with Crippen LogP contribution in [0.3, 0.4) is 0 Å². The molecule has 0 radical (unpaired) electrons. The van der Waals surface area contributed by atoms with E-state index in [-0.39, 0.29) is 27.8 Å². The van der Waals surface area contributed by atoms with E-state index in [2.05, 4.69) is 5.32 Å². The average molecular weight is 336 g/mol. The second-order valence-corrected chi connectivity index (χ2v) is 5.34. The van der Waals surface area contributed by atoms with Gasteiger partial charge >= 0.3 is 5.97 Å². The van der Waals surface area contributed by atoms with Crippen molar-refractivity contribution in [1.29, 1.82) is 0 Å². The van der Waals surface area contributed by atoms with Gasteiger partial charge in [0.05, 0.1) is 27.8 Å². The first-order valence-corrected chi connectivity index (χ1v) is 7.18. The predicted octanol–water partition coefficient (Wildman–Crippen LogP) is 0.938. The highest BCUT2D eigenvalue weighted by atomic mass is 16.7. The minimum absolute atomic E-state index is 0.0295. The maximum absolute atomic E-state index is 12.4. The summed E-state index contributed by atoms with van der Waals surface area (Å²) in [7, 11) is 0. The van der Waals surface area contributed by atoms with Crippen molar-refractivity contribution < 1.29 is 28.8 Å². The third kappa shape index (κ3) is 2.04. The molecule has 8 nitrogen and oxygen atoms in total. The fraction of sp³-hybridized carbons (Fsp3) is 0. The molecule has 0 unspecified atom stereocenters. The van der Waals surface area contributed by atoms with Crippen molar-refractivity contribution in [2.45, 2.75) is 0 Å². The standard InChI is InChI=1S/C17H8N2O6/c20-13-10-6-3-7-11(12(10)14(21)18-13)17(24)25-19-15(22)8-4-1-2-5-9(8)16(19)23/h1-7H,(H,18,20,21). The van der Waals surface area contributed by atoms with Crippen LogP contribution in [0.1, 0.15) is 51.8 Å². The quantitative estimate of drug-likeness (QED) is 0.817. The molecule has 0 saturated carbocycles. The number of hydroxylamine groups is 2. The van der Waals surface area contributed by atoms with E-state index >= 15 is 0 Å². The van der Waals surface area contributed by atoms with Crippen LogP contribution in [0.15, 0.2) is 42.5 Å². The first-order valence-electron chi connectivity index (χ1n) is 7.18. The molecule has 4 amide bonds. The molecule has 0 saturated heterocycles. The van der Waals surface area contributed by atoms with Crippen molar-refractivity contribution in [3.05, 3.63) is 70.3 Å². The Kier molecular flexibility index (Phi) is 3.01. The van der Waals surface area contributed by atoms with Gasteiger partial charge < -0.3 is 4.84 Å². The van der Waals surface area contributed by atoms with Crippen LogP contribution in [0.25, 0.3) is 0 Å². The zero-order valence-corrected chi connectivity index (χ0v) is 12.4. The highest BCUT2D eigenvalue weighted by Crippen LogP contribution is 2.25. The van der Waals surface area contributed by atoms with E-state index in [0.29, 0.717) is 5.06 Å². The summed E-state index contributed by atoms with van der Waals surface area (Å²) in [4.78, 5) is 65.3. The molecule has 122 valence electrons. The van der Waals surface area contributed by atoms with Gasteiger partial charge in [0.2, 0.25) is 0 Å². The van der Waals surface area contributed by atoms with E-state index < -0.39 is 29.6 Å². The summed E-state index contributed by atoms with van der Waals surface area (Å²) < 4.78 is 0. The van der Waals surface area contributed by atoms with Crippen LogP contribution in [0.2, 0.25) is 0 Å². The molecule has 0 aliphatic carbocycles. The third-order valence-electron chi connectivity index (χ3n) is 3.91. The van der Waals surface area contributed by atoms with Crippen molar-refractivity contribution in [2.75, 3.05) is 0 Å². The van der Waals surface area contributed by atoms with Crippen LogP contribution in [-0.2, 0) is 4.84 Å². The number of nitrogens with zero attached hydrogens (tertiary/aromatic N) is 1. The number of hydrogen-bond acceptors (Lipinski definition) is 6. The Balaban J connectivity index is 1.67. The van der Waals surface area contributed by atoms with Crippen molar-refractivity contribution in [2.24, 2.45) is 0 Å². The Morgan fingerprint density at radius 1 is 0.800 bits per heavy atom. The largest absolute Gasteiger partial charge is 0.364 e. The van der Waals surface area contributed by atoms with E-state index in [1.807, 2.05) is 0 Å². The second-order valence-electron chi connectivity index (χ2n) is 5.34. The molecule has 0 aromatic heterocycles. The molecule has 2 aromatic rings. The summed E-state index contributed by atoms with van der Waals surface area (Å²) in [5.74, 6) is -4.01. The van der Waals surface area contributed by atoms with Crippen molar-refractivity contribution in [3.63, 3.8) is 0 Å². The number of rotatable bonds is 2. The summed E-state index contributed by atoms with van der Waals surface area (Å²) >= 11 is 0. The monoisotopic (exact) mass is 336 g/mol. The number of nitrogens with one attached hydrogen (secondary N) is 1. The first kappa shape index (κ1) is 14.8. The molecule has 0 fully saturated rings. The van der Waals surface area contributed by atoms with E-state index in [9.17, 15) is 24.0 Å². The van der Waals surface area contributed by atoms with Gasteiger partial charge in [0.1, 0.15) is 0 Å². The normalized spacial score (nSPS) is 15.1. The third-order valence-corrected chi connectivity index (χ3v) is 3.91. The lowest BCUT2D eigenvalue weighted by Crippen LogP contribution is -2.33. The predicted molar refractivity (Wildman–Crippen MR) is 80.6 cm³/mol. The van der Waals surface area contributed by atoms with E-state index in [0.717, 1.165) is 0 Å². The first-order chi connectivity index (χ1) is 12.0. The molecule has 0 atom stereocenters. The molecule has 2 aliphatic rings. The van der Waals surface area contributed by atoms with Crippen LogP contribution >= 0.6 is 0 Å². The Labute approximate surface area is 139 Å². The molecule has 2 aliphatic heterocycles. The van der Waals surface area contributed by atoms with Gasteiger partial charge in [-0.2, -0.15) is 0 Å². The molecule has 8 heteroatoms. The number of imide groups is 2. The highest BCUT2D eigenvalue weighted by Gasteiger charge is 2.40. The van der Waals surface area contributed by atoms with Gasteiger partial charge in [-0.3, -0.25) is 24.5 Å². The number of fused-ring (bicyclic) bond motifs is 2. The van der Waals surface area contributed by atoms with Gasteiger partial charge in [0, 0.05) is 0 Å². The van der Waals surface area contributed by atoms with E-state index in [4.69, 9.17) is 4.84 Å². The molecule has 2 aromatic carbocycles. The minimum atomic E-state index is -1.09. The fourth-order valence-corrected chi connectivity index (χ4v) is 2.77. The minimum Gasteiger partial charge on any atom is -0.324 e. The molecule has 1 N–H and O–H groups in total. The Morgan fingerprint density at radius 2 is 1.40 bits per heavy atom. The number of benzene rings is 2. The zero-order chi connectivity index (χ0) is 17.7. The second kappa shape index (κ2) is 5.10. The van der Waals surface area contributed by atoms with Gasteiger partial charge in [0.25, 0.3) is 23.6 Å². The average Bonchev–Trinajstić information content (AvgIpc) is 3.04. The van der Waals surface area contributed by atoms with Gasteiger partial charge in [-0.05, 0) is 24.3 Å². The molecule has 0 spiro atoms. The van der Waals surface area contributed by atoms with Gasteiger partial charge in [-0.1, -0.05) is 23.3 Å². The maximum Gasteiger partial charge on any atom is 0.364 e. The Morgan fingerprint density at radius 3 is 2.04 bits per heavy atom. The molecule has 4 rings (SSSR count). The summed E-state index contributed by atoms with van der Waals surface area (Å²) in [5.41, 5.74) is -0.0913. The van der Waals surface area contributed by atoms with Crippen LogP contribution in [0, 0.1) is 0 Å². The molecule has 2 heterocycles. The van der Waals surface area contributed by atoms with Crippen LogP contribution < -0.4 is 5.32 Å². The van der Waals surface area contributed by atoms with Crippen LogP contribution in [0.5, 0.6) is 0 Å². The maximum atomic E-state index is 12.4. The molecular formula is C17H8N2O6. The fourth-order valence-electron chi connectivity index (χ4n) is 2.77. The van der Waals surface area contributed by atoms with E-state index in [1.165, 1.54) is 30.3 Å². The van der Waals surface area contributed by atoms with Crippen LogP contribution in [0.4, 0.5) is 0 Å². The molecule has 0 bridgehead atoms. The number of carbonyl (C=O) groups is 5. The smallest absolute Gasteiger partial charge is 0.324 e. The van der Waals surface area contributed by atoms with Gasteiger partial charge in [-0.15, -0.1) is 0 Å². The van der Waals surface area contributed by atoms with Crippen LogP contribution in [-0.4, -0.2) is 34.7 Å². The number of hydrogen-bond donors (Lipinski definition) is 1. The summed E-state index contributed by atoms with van der Waals surface area (Å²) in [6.45, 7) is 0. The van der Waals surface area contributed by atoms with Crippen molar-refractivity contribution >= 4 is 29.6 Å². The summed E-state index contributed by atoms with van der Waals surface area (Å²) in [6, 6.07) is 10.1. The lowest BCUT2D eigenvalue weighted by Gasteiger charge is -2.13. The Hall–Kier alpha value is -3.81. The topological polar surface area (TPSA) is 110 Å². The summed E-state index contributed by atoms with van der Waals surface area (Å²) in [6.07, 6.45) is 0. The van der Waals surface area contributed by atoms with E-state index in [1.54, 1.807) is 12.1 Å². The number of carbonyl (C=O) groups excluding carboxylic acids is 5. The number of amides is 4. The SMILES string of the molecule is O=C1NC(=O)c2c1cccc2C(=O)ON1C(=O)c2ccccc2C1=O. The zero-order valence-electron chi connectivity index (χ0n) is 12.4. The van der Waals surface area contributed by atoms with Gasteiger partial charge in [0.15, 0.2) is 0 Å². The summed E-state index contributed by atoms with van der Waals surface area (Å²) in [5, 5.41) is 2.42. The Bertz CT molecular complexity index is 975. The molecular weight excluding hydrogens is 328 g/mol. The van der Waals surface area contributed by atoms with Crippen molar-refractivity contribution in [1.82, 2.24) is 10.4 Å². The van der Waals surface area contributed by atoms with Crippen molar-refractivity contribution in [3.8, 4) is 0 Å². The van der Waals surface area contributed by atoms with Gasteiger partial charge in [-0.25, -0.2) is 4.79 Å².